The minimum absolute atomic E-state index is 0.131. The Bertz CT molecular complexity index is 929. The van der Waals surface area contributed by atoms with E-state index in [-0.39, 0.29) is 12.4 Å². The van der Waals surface area contributed by atoms with Crippen molar-refractivity contribution in [2.45, 2.75) is 38.0 Å². The van der Waals surface area contributed by atoms with Gasteiger partial charge in [-0.3, -0.25) is 0 Å². The zero-order valence-electron chi connectivity index (χ0n) is 15.4. The highest BCUT2D eigenvalue weighted by atomic mass is 32.2. The third-order valence-corrected chi connectivity index (χ3v) is 5.03. The summed E-state index contributed by atoms with van der Waals surface area (Å²) in [6.45, 7) is 1.23. The SMILES string of the molecule is Cc1cccc(C)c1OCc1nnc(SCc2ccccc2OC(F)F)n1N. The molecule has 2 aromatic carbocycles. The molecule has 6 nitrogen and oxygen atoms in total. The fraction of sp³-hybridized carbons (Fsp3) is 0.263. The monoisotopic (exact) mass is 406 g/mol. The summed E-state index contributed by atoms with van der Waals surface area (Å²) in [5.41, 5.74) is 2.66. The minimum atomic E-state index is -2.88. The number of nitrogens with two attached hydrogens (primary N) is 1. The van der Waals surface area contributed by atoms with Gasteiger partial charge in [0.05, 0.1) is 0 Å². The standard InChI is InChI=1S/C19H20F2N4O2S/c1-12-6-5-7-13(2)17(12)26-10-16-23-24-19(25(16)22)28-11-14-8-3-4-9-15(14)27-18(20)21/h3-9,18H,10-11,22H2,1-2H3. The zero-order chi connectivity index (χ0) is 20.1. The van der Waals surface area contributed by atoms with Crippen molar-refractivity contribution >= 4 is 11.8 Å². The van der Waals surface area contributed by atoms with Gasteiger partial charge in [0, 0.05) is 11.3 Å². The highest BCUT2D eigenvalue weighted by molar-refractivity contribution is 7.98. The highest BCUT2D eigenvalue weighted by Crippen LogP contribution is 2.28. The first-order valence-electron chi connectivity index (χ1n) is 8.49. The molecule has 0 saturated carbocycles. The second-order valence-electron chi connectivity index (χ2n) is 6.05. The van der Waals surface area contributed by atoms with Crippen LogP contribution in [0.15, 0.2) is 47.6 Å². The fourth-order valence-corrected chi connectivity index (χ4v) is 3.51. The molecule has 0 amide bonds. The lowest BCUT2D eigenvalue weighted by Gasteiger charge is -2.11. The Morgan fingerprint density at radius 1 is 1.07 bits per heavy atom. The average Bonchev–Trinajstić information content (AvgIpc) is 3.00. The Balaban J connectivity index is 1.66. The molecule has 3 aromatic rings. The van der Waals surface area contributed by atoms with Crippen molar-refractivity contribution in [1.29, 1.82) is 0 Å². The molecule has 0 radical (unpaired) electrons. The number of para-hydroxylation sites is 2. The summed E-state index contributed by atoms with van der Waals surface area (Å²) >= 11 is 1.27. The maximum atomic E-state index is 12.5. The molecule has 148 valence electrons. The Kier molecular flexibility index (Phi) is 6.35. The lowest BCUT2D eigenvalue weighted by atomic mass is 10.1. The summed E-state index contributed by atoms with van der Waals surface area (Å²) in [5, 5.41) is 8.58. The Morgan fingerprint density at radius 3 is 2.50 bits per heavy atom. The Labute approximate surface area is 165 Å². The third-order valence-electron chi connectivity index (χ3n) is 4.03. The van der Waals surface area contributed by atoms with Gasteiger partial charge in [0.15, 0.2) is 5.82 Å². The number of alkyl halides is 2. The van der Waals surface area contributed by atoms with E-state index in [2.05, 4.69) is 14.9 Å². The van der Waals surface area contributed by atoms with Crippen LogP contribution in [-0.4, -0.2) is 21.5 Å². The Morgan fingerprint density at radius 2 is 1.79 bits per heavy atom. The van der Waals surface area contributed by atoms with E-state index in [1.165, 1.54) is 22.5 Å². The van der Waals surface area contributed by atoms with Crippen LogP contribution in [0.4, 0.5) is 8.78 Å². The summed E-state index contributed by atoms with van der Waals surface area (Å²) in [6.07, 6.45) is 0. The number of benzene rings is 2. The molecule has 9 heteroatoms. The van der Waals surface area contributed by atoms with Gasteiger partial charge in [-0.15, -0.1) is 10.2 Å². The van der Waals surface area contributed by atoms with Crippen LogP contribution in [0.25, 0.3) is 0 Å². The largest absolute Gasteiger partial charge is 0.485 e. The number of hydrogen-bond donors (Lipinski definition) is 1. The molecule has 0 saturated heterocycles. The van der Waals surface area contributed by atoms with E-state index in [1.807, 2.05) is 32.0 Å². The normalized spacial score (nSPS) is 11.0. The van der Waals surface area contributed by atoms with Crippen molar-refractivity contribution in [3.05, 3.63) is 65.0 Å². The van der Waals surface area contributed by atoms with Gasteiger partial charge in [-0.25, -0.2) is 4.68 Å². The number of aromatic nitrogens is 3. The number of hydrogen-bond acceptors (Lipinski definition) is 6. The van der Waals surface area contributed by atoms with Gasteiger partial charge in [-0.05, 0) is 31.0 Å². The minimum Gasteiger partial charge on any atom is -0.485 e. The van der Waals surface area contributed by atoms with Crippen LogP contribution in [0.5, 0.6) is 11.5 Å². The smallest absolute Gasteiger partial charge is 0.387 e. The Hall–Kier alpha value is -2.81. The molecule has 0 unspecified atom stereocenters. The molecule has 2 N–H and O–H groups in total. The molecule has 28 heavy (non-hydrogen) atoms. The van der Waals surface area contributed by atoms with E-state index >= 15 is 0 Å². The predicted octanol–water partition coefficient (Wildman–Crippen LogP) is 4.08. The van der Waals surface area contributed by atoms with Crippen LogP contribution in [0.2, 0.25) is 0 Å². The summed E-state index contributed by atoms with van der Waals surface area (Å²) in [5.74, 6) is 7.80. The van der Waals surface area contributed by atoms with Gasteiger partial charge >= 0.3 is 6.61 Å². The molecular weight excluding hydrogens is 386 g/mol. The summed E-state index contributed by atoms with van der Waals surface area (Å²) in [4.78, 5) is 0. The van der Waals surface area contributed by atoms with E-state index in [0.29, 0.717) is 22.3 Å². The number of rotatable bonds is 8. The second-order valence-corrected chi connectivity index (χ2v) is 7.00. The van der Waals surface area contributed by atoms with Crippen molar-refractivity contribution in [3.63, 3.8) is 0 Å². The number of ether oxygens (including phenoxy) is 2. The van der Waals surface area contributed by atoms with Crippen molar-refractivity contribution in [2.24, 2.45) is 0 Å². The number of aryl methyl sites for hydroxylation is 2. The average molecular weight is 406 g/mol. The molecular formula is C19H20F2N4O2S. The molecule has 0 atom stereocenters. The molecule has 0 fully saturated rings. The lowest BCUT2D eigenvalue weighted by Crippen LogP contribution is -2.16. The van der Waals surface area contributed by atoms with Crippen LogP contribution in [0.1, 0.15) is 22.5 Å². The van der Waals surface area contributed by atoms with E-state index in [9.17, 15) is 8.78 Å². The van der Waals surface area contributed by atoms with Gasteiger partial charge in [-0.1, -0.05) is 48.2 Å². The van der Waals surface area contributed by atoms with Gasteiger partial charge in [0.25, 0.3) is 0 Å². The van der Waals surface area contributed by atoms with E-state index in [0.717, 1.165) is 16.9 Å². The first-order valence-corrected chi connectivity index (χ1v) is 9.48. The van der Waals surface area contributed by atoms with Gasteiger partial charge in [0.2, 0.25) is 5.16 Å². The van der Waals surface area contributed by atoms with Gasteiger partial charge < -0.3 is 15.3 Å². The summed E-state index contributed by atoms with van der Waals surface area (Å²) < 4.78 is 36.8. The number of nitrogens with zero attached hydrogens (tertiary/aromatic N) is 3. The first-order chi connectivity index (χ1) is 13.5. The molecule has 1 aromatic heterocycles. The van der Waals surface area contributed by atoms with Crippen molar-refractivity contribution in [2.75, 3.05) is 5.84 Å². The maximum absolute atomic E-state index is 12.5. The van der Waals surface area contributed by atoms with Crippen LogP contribution in [0, 0.1) is 13.8 Å². The quantitative estimate of drug-likeness (QED) is 0.449. The fourth-order valence-electron chi connectivity index (χ4n) is 2.64. The highest BCUT2D eigenvalue weighted by Gasteiger charge is 2.14. The van der Waals surface area contributed by atoms with Crippen molar-refractivity contribution in [3.8, 4) is 11.5 Å². The van der Waals surface area contributed by atoms with Crippen LogP contribution >= 0.6 is 11.8 Å². The summed E-state index contributed by atoms with van der Waals surface area (Å²) in [7, 11) is 0. The van der Waals surface area contributed by atoms with Crippen LogP contribution in [0.3, 0.4) is 0 Å². The summed E-state index contributed by atoms with van der Waals surface area (Å²) in [6, 6.07) is 12.5. The van der Waals surface area contributed by atoms with E-state index in [4.69, 9.17) is 10.6 Å². The van der Waals surface area contributed by atoms with Crippen molar-refractivity contribution < 1.29 is 18.3 Å². The number of nitrogen functional groups attached to an aromatic ring is 1. The van der Waals surface area contributed by atoms with E-state index < -0.39 is 6.61 Å². The molecule has 3 rings (SSSR count). The van der Waals surface area contributed by atoms with E-state index in [1.54, 1.807) is 18.2 Å². The van der Waals surface area contributed by atoms with Crippen LogP contribution in [-0.2, 0) is 12.4 Å². The van der Waals surface area contributed by atoms with Crippen LogP contribution < -0.4 is 15.3 Å². The van der Waals surface area contributed by atoms with Crippen molar-refractivity contribution in [1.82, 2.24) is 14.9 Å². The molecule has 1 heterocycles. The predicted molar refractivity (Wildman–Crippen MR) is 103 cm³/mol. The first kappa shape index (κ1) is 19.9. The zero-order valence-corrected chi connectivity index (χ0v) is 16.2. The number of thioether (sulfide) groups is 1. The maximum Gasteiger partial charge on any atom is 0.387 e. The number of halogens is 2. The molecule has 0 aliphatic carbocycles. The molecule has 0 aliphatic rings. The molecule has 0 spiro atoms. The second kappa shape index (κ2) is 8.92. The molecule has 0 bridgehead atoms. The molecule has 0 aliphatic heterocycles. The lowest BCUT2D eigenvalue weighted by molar-refractivity contribution is -0.0503. The topological polar surface area (TPSA) is 75.2 Å². The van der Waals surface area contributed by atoms with Gasteiger partial charge in [-0.2, -0.15) is 8.78 Å². The van der Waals surface area contributed by atoms with Gasteiger partial charge in [0.1, 0.15) is 18.1 Å². The third kappa shape index (κ3) is 4.72.